The van der Waals surface area contributed by atoms with Gasteiger partial charge in [0.05, 0.1) is 0 Å². The molecule has 2 aromatic carbocycles. The Morgan fingerprint density at radius 1 is 0.842 bits per heavy atom. The molecule has 0 spiro atoms. The van der Waals surface area contributed by atoms with Crippen molar-refractivity contribution >= 4 is 5.69 Å². The predicted octanol–water partition coefficient (Wildman–Crippen LogP) is 4.73. The van der Waals surface area contributed by atoms with Crippen LogP contribution in [0.1, 0.15) is 36.1 Å². The molecular formula is C18H23N. The third-order valence-electron chi connectivity index (χ3n) is 3.64. The first-order chi connectivity index (χ1) is 9.24. The van der Waals surface area contributed by atoms with Gasteiger partial charge >= 0.3 is 0 Å². The van der Waals surface area contributed by atoms with E-state index in [1.54, 1.807) is 0 Å². The Bertz CT molecular complexity index is 526. The maximum atomic E-state index is 3.59. The largest absolute Gasteiger partial charge is 0.381 e. The molecule has 2 aromatic rings. The molecule has 0 unspecified atom stereocenters. The molecule has 0 heterocycles. The maximum Gasteiger partial charge on any atom is 0.0404 e. The van der Waals surface area contributed by atoms with Crippen molar-refractivity contribution in [3.8, 4) is 0 Å². The lowest BCUT2D eigenvalue weighted by Crippen LogP contribution is -2.04. The molecule has 2 rings (SSSR count). The van der Waals surface area contributed by atoms with Gasteiger partial charge in [-0.15, -0.1) is 0 Å². The second-order valence-corrected chi connectivity index (χ2v) is 4.99. The summed E-state index contributed by atoms with van der Waals surface area (Å²) in [5, 5.41) is 3.59. The Kier molecular flexibility index (Phi) is 4.62. The zero-order valence-electron chi connectivity index (χ0n) is 12.2. The summed E-state index contributed by atoms with van der Waals surface area (Å²) in [5.41, 5.74) is 6.75. The van der Waals surface area contributed by atoms with Crippen molar-refractivity contribution in [1.29, 1.82) is 0 Å². The van der Waals surface area contributed by atoms with Gasteiger partial charge in [0.25, 0.3) is 0 Å². The highest BCUT2D eigenvalue weighted by Crippen LogP contribution is 2.21. The van der Waals surface area contributed by atoms with Crippen LogP contribution in [0.25, 0.3) is 0 Å². The van der Waals surface area contributed by atoms with Crippen molar-refractivity contribution in [2.75, 3.05) is 5.32 Å². The van der Waals surface area contributed by atoms with Crippen LogP contribution in [-0.2, 0) is 19.4 Å². The lowest BCUT2D eigenvalue weighted by atomic mass is 10.1. The Balaban J connectivity index is 2.09. The molecule has 0 radical (unpaired) electrons. The van der Waals surface area contributed by atoms with Gasteiger partial charge in [0.15, 0.2) is 0 Å². The van der Waals surface area contributed by atoms with E-state index < -0.39 is 0 Å². The van der Waals surface area contributed by atoms with Crippen LogP contribution in [0.2, 0.25) is 0 Å². The molecule has 0 aliphatic carbocycles. The fourth-order valence-electron chi connectivity index (χ4n) is 2.36. The topological polar surface area (TPSA) is 12.0 Å². The zero-order chi connectivity index (χ0) is 13.7. The normalized spacial score (nSPS) is 10.5. The Hall–Kier alpha value is -1.76. The van der Waals surface area contributed by atoms with Crippen molar-refractivity contribution in [1.82, 2.24) is 0 Å². The van der Waals surface area contributed by atoms with E-state index in [0.717, 1.165) is 19.4 Å². The molecule has 0 atom stereocenters. The first-order valence-electron chi connectivity index (χ1n) is 7.14. The highest BCUT2D eigenvalue weighted by atomic mass is 14.9. The molecule has 1 N–H and O–H groups in total. The van der Waals surface area contributed by atoms with Crippen LogP contribution in [0, 0.1) is 6.92 Å². The fourth-order valence-corrected chi connectivity index (χ4v) is 2.36. The summed E-state index contributed by atoms with van der Waals surface area (Å²) < 4.78 is 0. The lowest BCUT2D eigenvalue weighted by Gasteiger charge is -2.14. The van der Waals surface area contributed by atoms with E-state index >= 15 is 0 Å². The number of hydrogen-bond donors (Lipinski definition) is 1. The SMILES string of the molecule is CCc1ccc(CNc2c(C)cccc2CC)cc1. The third kappa shape index (κ3) is 3.37. The zero-order valence-corrected chi connectivity index (χ0v) is 12.2. The van der Waals surface area contributed by atoms with E-state index in [9.17, 15) is 0 Å². The van der Waals surface area contributed by atoms with Gasteiger partial charge in [-0.2, -0.15) is 0 Å². The van der Waals surface area contributed by atoms with Crippen LogP contribution in [0.4, 0.5) is 5.69 Å². The van der Waals surface area contributed by atoms with Gasteiger partial charge in [-0.3, -0.25) is 0 Å². The minimum absolute atomic E-state index is 0.891. The molecule has 0 bridgehead atoms. The number of aryl methyl sites for hydroxylation is 3. The van der Waals surface area contributed by atoms with Gasteiger partial charge in [-0.05, 0) is 42.0 Å². The molecule has 100 valence electrons. The van der Waals surface area contributed by atoms with Gasteiger partial charge in [0, 0.05) is 12.2 Å². The highest BCUT2D eigenvalue weighted by Gasteiger charge is 2.03. The van der Waals surface area contributed by atoms with Crippen molar-refractivity contribution in [2.45, 2.75) is 40.2 Å². The van der Waals surface area contributed by atoms with Gasteiger partial charge < -0.3 is 5.32 Å². The van der Waals surface area contributed by atoms with Crippen molar-refractivity contribution in [3.05, 3.63) is 64.7 Å². The summed E-state index contributed by atoms with van der Waals surface area (Å²) in [6.07, 6.45) is 2.17. The molecule has 0 aliphatic rings. The predicted molar refractivity (Wildman–Crippen MR) is 83.7 cm³/mol. The minimum Gasteiger partial charge on any atom is -0.381 e. The smallest absolute Gasteiger partial charge is 0.0404 e. The molecule has 0 amide bonds. The summed E-state index contributed by atoms with van der Waals surface area (Å²) in [5.74, 6) is 0. The summed E-state index contributed by atoms with van der Waals surface area (Å²) in [7, 11) is 0. The lowest BCUT2D eigenvalue weighted by molar-refractivity contribution is 1.07. The first kappa shape index (κ1) is 13.7. The number of anilines is 1. The summed E-state index contributed by atoms with van der Waals surface area (Å²) >= 11 is 0. The van der Waals surface area contributed by atoms with Crippen LogP contribution < -0.4 is 5.32 Å². The number of para-hydroxylation sites is 1. The molecule has 0 aromatic heterocycles. The Labute approximate surface area is 116 Å². The second-order valence-electron chi connectivity index (χ2n) is 4.99. The third-order valence-corrected chi connectivity index (χ3v) is 3.64. The van der Waals surface area contributed by atoms with E-state index in [1.807, 2.05) is 0 Å². The van der Waals surface area contributed by atoms with Crippen molar-refractivity contribution in [2.24, 2.45) is 0 Å². The average molecular weight is 253 g/mol. The van der Waals surface area contributed by atoms with Crippen LogP contribution in [0.15, 0.2) is 42.5 Å². The van der Waals surface area contributed by atoms with Crippen LogP contribution in [-0.4, -0.2) is 0 Å². The Morgan fingerprint density at radius 2 is 1.53 bits per heavy atom. The second kappa shape index (κ2) is 6.42. The molecule has 19 heavy (non-hydrogen) atoms. The summed E-state index contributed by atoms with van der Waals surface area (Å²) in [6, 6.07) is 15.4. The summed E-state index contributed by atoms with van der Waals surface area (Å²) in [6.45, 7) is 7.45. The fraction of sp³-hybridized carbons (Fsp3) is 0.333. The van der Waals surface area contributed by atoms with E-state index in [0.29, 0.717) is 0 Å². The van der Waals surface area contributed by atoms with Gasteiger partial charge in [-0.25, -0.2) is 0 Å². The molecule has 1 heteroatoms. The average Bonchev–Trinajstić information content (AvgIpc) is 2.46. The quantitative estimate of drug-likeness (QED) is 0.812. The standard InChI is InChI=1S/C18H23N/c1-4-15-9-11-16(12-10-15)13-19-18-14(3)7-6-8-17(18)5-2/h6-12,19H,4-5,13H2,1-3H3. The Morgan fingerprint density at radius 3 is 2.16 bits per heavy atom. The molecule has 0 aliphatic heterocycles. The van der Waals surface area contributed by atoms with Gasteiger partial charge in [0.1, 0.15) is 0 Å². The molecule has 0 saturated carbocycles. The van der Waals surface area contributed by atoms with Crippen molar-refractivity contribution in [3.63, 3.8) is 0 Å². The van der Waals surface area contributed by atoms with Crippen LogP contribution >= 0.6 is 0 Å². The van der Waals surface area contributed by atoms with E-state index in [4.69, 9.17) is 0 Å². The molecule has 0 fully saturated rings. The van der Waals surface area contributed by atoms with Crippen LogP contribution in [0.5, 0.6) is 0 Å². The maximum absolute atomic E-state index is 3.59. The van der Waals surface area contributed by atoms with E-state index in [2.05, 4.69) is 68.6 Å². The number of benzene rings is 2. The van der Waals surface area contributed by atoms with Crippen LogP contribution in [0.3, 0.4) is 0 Å². The summed E-state index contributed by atoms with van der Waals surface area (Å²) in [4.78, 5) is 0. The molecular weight excluding hydrogens is 230 g/mol. The molecule has 1 nitrogen and oxygen atoms in total. The van der Waals surface area contributed by atoms with E-state index in [-0.39, 0.29) is 0 Å². The van der Waals surface area contributed by atoms with Gasteiger partial charge in [-0.1, -0.05) is 56.3 Å². The van der Waals surface area contributed by atoms with Crippen molar-refractivity contribution < 1.29 is 0 Å². The number of rotatable bonds is 5. The monoisotopic (exact) mass is 253 g/mol. The highest BCUT2D eigenvalue weighted by molar-refractivity contribution is 5.57. The molecule has 0 saturated heterocycles. The van der Waals surface area contributed by atoms with E-state index in [1.165, 1.54) is 27.9 Å². The van der Waals surface area contributed by atoms with Gasteiger partial charge in [0.2, 0.25) is 0 Å². The number of nitrogens with one attached hydrogen (secondary N) is 1. The first-order valence-corrected chi connectivity index (χ1v) is 7.14. The minimum atomic E-state index is 0.891. The number of hydrogen-bond acceptors (Lipinski definition) is 1.